The second kappa shape index (κ2) is 6.58. The molecule has 1 unspecified atom stereocenters. The molecule has 0 bridgehead atoms. The summed E-state index contributed by atoms with van der Waals surface area (Å²) in [7, 11) is 1.70. The van der Waals surface area contributed by atoms with Crippen LogP contribution in [0.25, 0.3) is 0 Å². The van der Waals surface area contributed by atoms with E-state index >= 15 is 0 Å². The van der Waals surface area contributed by atoms with Gasteiger partial charge in [-0.05, 0) is 13.0 Å². The highest BCUT2D eigenvalue weighted by Gasteiger charge is 2.03. The third-order valence-corrected chi connectivity index (χ3v) is 1.62. The molecule has 0 aromatic rings. The molecule has 0 aliphatic carbocycles. The van der Waals surface area contributed by atoms with Gasteiger partial charge >= 0.3 is 0 Å². The van der Waals surface area contributed by atoms with Crippen LogP contribution < -0.4 is 11.1 Å². The number of methoxy groups -OCH3 is 1. The van der Waals surface area contributed by atoms with Crippen LogP contribution in [0.15, 0.2) is 0 Å². The van der Waals surface area contributed by atoms with Gasteiger partial charge in [-0.1, -0.05) is 13.8 Å². The van der Waals surface area contributed by atoms with Crippen LogP contribution in [-0.2, 0) is 4.74 Å². The molecule has 0 heterocycles. The van der Waals surface area contributed by atoms with E-state index in [9.17, 15) is 0 Å². The Morgan fingerprint density at radius 2 is 2.09 bits per heavy atom. The van der Waals surface area contributed by atoms with E-state index in [2.05, 4.69) is 19.2 Å². The van der Waals surface area contributed by atoms with Crippen LogP contribution in [0, 0.1) is 0 Å². The molecule has 3 nitrogen and oxygen atoms in total. The average Bonchev–Trinajstić information content (AvgIpc) is 1.98. The predicted molar refractivity (Wildman–Crippen MR) is 47.6 cm³/mol. The van der Waals surface area contributed by atoms with E-state index < -0.39 is 0 Å². The number of ether oxygens (including phenoxy) is 1. The minimum Gasteiger partial charge on any atom is -0.380 e. The quantitative estimate of drug-likeness (QED) is 0.589. The Hall–Kier alpha value is -0.120. The molecule has 3 N–H and O–H groups in total. The molecule has 0 saturated heterocycles. The molecule has 0 radical (unpaired) electrons. The maximum Gasteiger partial charge on any atom is 0.0705 e. The van der Waals surface area contributed by atoms with Crippen molar-refractivity contribution in [3.05, 3.63) is 0 Å². The molecule has 0 aromatic carbocycles. The first kappa shape index (κ1) is 10.9. The standard InChI is InChI=1S/C8H20N2O/c1-7(2)10-5-4-8(6-9)11-3/h7-8,10H,4-6,9H2,1-3H3. The van der Waals surface area contributed by atoms with E-state index in [1.165, 1.54) is 0 Å². The highest BCUT2D eigenvalue weighted by atomic mass is 16.5. The Labute approximate surface area is 69.3 Å². The molecule has 0 aromatic heterocycles. The Morgan fingerprint density at radius 1 is 1.45 bits per heavy atom. The van der Waals surface area contributed by atoms with Crippen molar-refractivity contribution >= 4 is 0 Å². The minimum absolute atomic E-state index is 0.209. The predicted octanol–water partition coefficient (Wildman–Crippen LogP) is 0.348. The topological polar surface area (TPSA) is 47.3 Å². The Kier molecular flexibility index (Phi) is 6.51. The van der Waals surface area contributed by atoms with Crippen LogP contribution in [-0.4, -0.2) is 32.3 Å². The van der Waals surface area contributed by atoms with Gasteiger partial charge in [-0.15, -0.1) is 0 Å². The summed E-state index contributed by atoms with van der Waals surface area (Å²) in [6.07, 6.45) is 1.20. The summed E-state index contributed by atoms with van der Waals surface area (Å²) in [5.41, 5.74) is 5.45. The molecule has 68 valence electrons. The summed E-state index contributed by atoms with van der Waals surface area (Å²) in [4.78, 5) is 0. The molecule has 0 aliphatic heterocycles. The fraction of sp³-hybridized carbons (Fsp3) is 1.00. The lowest BCUT2D eigenvalue weighted by Gasteiger charge is -2.14. The summed E-state index contributed by atoms with van der Waals surface area (Å²) < 4.78 is 5.12. The Bertz CT molecular complexity index is 82.2. The number of nitrogens with one attached hydrogen (secondary N) is 1. The van der Waals surface area contributed by atoms with E-state index in [0.717, 1.165) is 13.0 Å². The summed E-state index contributed by atoms with van der Waals surface area (Å²) >= 11 is 0. The maximum atomic E-state index is 5.45. The van der Waals surface area contributed by atoms with Gasteiger partial charge in [-0.25, -0.2) is 0 Å². The van der Waals surface area contributed by atoms with Gasteiger partial charge in [0.1, 0.15) is 0 Å². The monoisotopic (exact) mass is 160 g/mol. The minimum atomic E-state index is 0.209. The number of nitrogens with two attached hydrogens (primary N) is 1. The first-order chi connectivity index (χ1) is 5.20. The number of hydrogen-bond donors (Lipinski definition) is 2. The van der Waals surface area contributed by atoms with Gasteiger partial charge in [0.25, 0.3) is 0 Å². The van der Waals surface area contributed by atoms with Crippen molar-refractivity contribution < 1.29 is 4.74 Å². The summed E-state index contributed by atoms with van der Waals surface area (Å²) in [5, 5.41) is 3.31. The SMILES string of the molecule is COC(CN)CCNC(C)C. The van der Waals surface area contributed by atoms with Crippen molar-refractivity contribution in [1.82, 2.24) is 5.32 Å². The summed E-state index contributed by atoms with van der Waals surface area (Å²) in [6.45, 7) is 5.85. The molecule has 0 rings (SSSR count). The normalized spacial score (nSPS) is 13.9. The van der Waals surface area contributed by atoms with Gasteiger partial charge in [0.15, 0.2) is 0 Å². The third kappa shape index (κ3) is 6.28. The molecule has 0 amide bonds. The van der Waals surface area contributed by atoms with Gasteiger partial charge in [0.2, 0.25) is 0 Å². The second-order valence-corrected chi connectivity index (χ2v) is 2.99. The number of rotatable bonds is 6. The highest BCUT2D eigenvalue weighted by Crippen LogP contribution is 1.92. The van der Waals surface area contributed by atoms with Gasteiger partial charge in [-0.3, -0.25) is 0 Å². The second-order valence-electron chi connectivity index (χ2n) is 2.99. The third-order valence-electron chi connectivity index (χ3n) is 1.62. The molecule has 3 heteroatoms. The van der Waals surface area contributed by atoms with Gasteiger partial charge in [-0.2, -0.15) is 0 Å². The maximum absolute atomic E-state index is 5.45. The van der Waals surface area contributed by atoms with E-state index in [0.29, 0.717) is 12.6 Å². The van der Waals surface area contributed by atoms with Crippen molar-refractivity contribution in [2.45, 2.75) is 32.4 Å². The fourth-order valence-electron chi connectivity index (χ4n) is 0.865. The van der Waals surface area contributed by atoms with E-state index in [1.54, 1.807) is 7.11 Å². The zero-order valence-corrected chi connectivity index (χ0v) is 7.76. The van der Waals surface area contributed by atoms with Crippen LogP contribution in [0.3, 0.4) is 0 Å². The lowest BCUT2D eigenvalue weighted by molar-refractivity contribution is 0.102. The molecule has 0 saturated carbocycles. The Balaban J connectivity index is 3.21. The van der Waals surface area contributed by atoms with Crippen molar-refractivity contribution in [2.24, 2.45) is 5.73 Å². The highest BCUT2D eigenvalue weighted by molar-refractivity contribution is 4.61. The fourth-order valence-corrected chi connectivity index (χ4v) is 0.865. The molecular weight excluding hydrogens is 140 g/mol. The van der Waals surface area contributed by atoms with Gasteiger partial charge in [0.05, 0.1) is 6.10 Å². The summed E-state index contributed by atoms with van der Waals surface area (Å²) in [6, 6.07) is 0.547. The Morgan fingerprint density at radius 3 is 2.45 bits per heavy atom. The smallest absolute Gasteiger partial charge is 0.0705 e. The molecule has 11 heavy (non-hydrogen) atoms. The van der Waals surface area contributed by atoms with Crippen molar-refractivity contribution in [2.75, 3.05) is 20.2 Å². The number of hydrogen-bond acceptors (Lipinski definition) is 3. The van der Waals surface area contributed by atoms with Gasteiger partial charge < -0.3 is 15.8 Å². The summed E-state index contributed by atoms with van der Waals surface area (Å²) in [5.74, 6) is 0. The molecule has 0 spiro atoms. The van der Waals surface area contributed by atoms with E-state index in [4.69, 9.17) is 10.5 Å². The van der Waals surface area contributed by atoms with Crippen LogP contribution in [0.1, 0.15) is 20.3 Å². The molecule has 1 atom stereocenters. The van der Waals surface area contributed by atoms with Crippen LogP contribution in [0.2, 0.25) is 0 Å². The van der Waals surface area contributed by atoms with Gasteiger partial charge in [0, 0.05) is 19.7 Å². The lowest BCUT2D eigenvalue weighted by atomic mass is 10.2. The molecule has 0 fully saturated rings. The molecular formula is C8H20N2O. The van der Waals surface area contributed by atoms with E-state index in [-0.39, 0.29) is 6.10 Å². The zero-order chi connectivity index (χ0) is 8.69. The van der Waals surface area contributed by atoms with Crippen molar-refractivity contribution in [3.8, 4) is 0 Å². The van der Waals surface area contributed by atoms with Crippen molar-refractivity contribution in [3.63, 3.8) is 0 Å². The zero-order valence-electron chi connectivity index (χ0n) is 7.76. The largest absolute Gasteiger partial charge is 0.380 e. The van der Waals surface area contributed by atoms with Crippen LogP contribution in [0.4, 0.5) is 0 Å². The molecule has 0 aliphatic rings. The lowest BCUT2D eigenvalue weighted by Crippen LogP contribution is -2.30. The van der Waals surface area contributed by atoms with Crippen LogP contribution in [0.5, 0.6) is 0 Å². The van der Waals surface area contributed by atoms with Crippen LogP contribution >= 0.6 is 0 Å². The first-order valence-corrected chi connectivity index (χ1v) is 4.17. The van der Waals surface area contributed by atoms with E-state index in [1.807, 2.05) is 0 Å². The first-order valence-electron chi connectivity index (χ1n) is 4.17. The van der Waals surface area contributed by atoms with Crippen molar-refractivity contribution in [1.29, 1.82) is 0 Å². The average molecular weight is 160 g/mol.